The van der Waals surface area contributed by atoms with Gasteiger partial charge in [-0.05, 0) is 45.6 Å². The fraction of sp³-hybridized carbons (Fsp3) is 0.667. The van der Waals surface area contributed by atoms with Gasteiger partial charge in [0.25, 0.3) is 0 Å². The van der Waals surface area contributed by atoms with E-state index >= 15 is 0 Å². The second kappa shape index (κ2) is 9.93. The van der Waals surface area contributed by atoms with Crippen LogP contribution in [0, 0.1) is 0 Å². The summed E-state index contributed by atoms with van der Waals surface area (Å²) in [5, 5.41) is 17.0. The summed E-state index contributed by atoms with van der Waals surface area (Å²) >= 11 is 0. The van der Waals surface area contributed by atoms with Gasteiger partial charge in [0.2, 0.25) is 0 Å². The molecule has 0 unspecified atom stereocenters. The summed E-state index contributed by atoms with van der Waals surface area (Å²) in [5.41, 5.74) is 0.512. The molecule has 1 amide bonds. The molecular formula is C21H34N2O3. The molecule has 0 radical (unpaired) electrons. The van der Waals surface area contributed by atoms with Gasteiger partial charge in [0.05, 0.1) is 12.1 Å². The maximum atomic E-state index is 12.2. The molecule has 5 heteroatoms. The predicted octanol–water partition coefficient (Wildman–Crippen LogP) is 3.41. The van der Waals surface area contributed by atoms with Crippen molar-refractivity contribution in [1.29, 1.82) is 0 Å². The number of ether oxygens (including phenoxy) is 1. The Morgan fingerprint density at radius 1 is 1.19 bits per heavy atom. The number of carbonyl (C=O) groups is 1. The van der Waals surface area contributed by atoms with Gasteiger partial charge < -0.3 is 20.5 Å². The molecule has 1 fully saturated rings. The van der Waals surface area contributed by atoms with Crippen molar-refractivity contribution in [2.24, 2.45) is 0 Å². The molecule has 3 N–H and O–H groups in total. The Balaban J connectivity index is 1.95. The molecule has 5 nitrogen and oxygen atoms in total. The van der Waals surface area contributed by atoms with Crippen LogP contribution in [-0.4, -0.2) is 41.5 Å². The van der Waals surface area contributed by atoms with E-state index in [1.54, 1.807) is 0 Å². The minimum Gasteiger partial charge on any atom is -0.444 e. The number of amides is 1. The first kappa shape index (κ1) is 20.7. The summed E-state index contributed by atoms with van der Waals surface area (Å²) in [4.78, 5) is 12.2. The fourth-order valence-corrected chi connectivity index (χ4v) is 3.35. The predicted molar refractivity (Wildman–Crippen MR) is 104 cm³/mol. The summed E-state index contributed by atoms with van der Waals surface area (Å²) in [5.74, 6) is 0. The lowest BCUT2D eigenvalue weighted by Gasteiger charge is -2.29. The standard InChI is InChI=1S/C21H34N2O3/c1-21(2,3)26-20(25)23-18(14-16-10-6-4-7-11-16)19(24)15-22-17-12-8-5-9-13-17/h4,6-7,10-11,17-19,22,24H,5,8-9,12-15H2,1-3H3,(H,23,25)/t18-,19-/m0/s1. The number of rotatable bonds is 7. The molecule has 1 aliphatic carbocycles. The molecular weight excluding hydrogens is 328 g/mol. The molecule has 1 aliphatic rings. The van der Waals surface area contributed by atoms with E-state index in [0.29, 0.717) is 19.0 Å². The van der Waals surface area contributed by atoms with Crippen molar-refractivity contribution in [3.05, 3.63) is 35.9 Å². The first-order valence-corrected chi connectivity index (χ1v) is 9.78. The lowest BCUT2D eigenvalue weighted by atomic mass is 9.95. The first-order valence-electron chi connectivity index (χ1n) is 9.78. The normalized spacial score (nSPS) is 18.2. The van der Waals surface area contributed by atoms with Crippen LogP contribution in [0.15, 0.2) is 30.3 Å². The largest absolute Gasteiger partial charge is 0.444 e. The van der Waals surface area contributed by atoms with Crippen LogP contribution in [0.1, 0.15) is 58.4 Å². The number of hydrogen-bond donors (Lipinski definition) is 3. The highest BCUT2D eigenvalue weighted by atomic mass is 16.6. The SMILES string of the molecule is CC(C)(C)OC(=O)N[C@@H](Cc1ccccc1)[C@@H](O)CNC1CCCCC1. The monoisotopic (exact) mass is 362 g/mol. The maximum absolute atomic E-state index is 12.2. The zero-order chi connectivity index (χ0) is 19.0. The number of benzene rings is 1. The first-order chi connectivity index (χ1) is 12.3. The topological polar surface area (TPSA) is 70.6 Å². The van der Waals surface area contributed by atoms with Gasteiger partial charge in [-0.1, -0.05) is 49.6 Å². The zero-order valence-corrected chi connectivity index (χ0v) is 16.3. The van der Waals surface area contributed by atoms with Crippen LogP contribution in [0.25, 0.3) is 0 Å². The number of aliphatic hydroxyl groups is 1. The fourth-order valence-electron chi connectivity index (χ4n) is 3.35. The van der Waals surface area contributed by atoms with E-state index in [0.717, 1.165) is 18.4 Å². The van der Waals surface area contributed by atoms with Gasteiger partial charge in [-0.15, -0.1) is 0 Å². The molecule has 1 aromatic rings. The summed E-state index contributed by atoms with van der Waals surface area (Å²) in [6.45, 7) is 5.97. The number of carbonyl (C=O) groups excluding carboxylic acids is 1. The van der Waals surface area contributed by atoms with Gasteiger partial charge in [0.15, 0.2) is 0 Å². The van der Waals surface area contributed by atoms with E-state index in [1.807, 2.05) is 51.1 Å². The van der Waals surface area contributed by atoms with Crippen molar-refractivity contribution in [2.45, 2.75) is 83.1 Å². The third-order valence-electron chi connectivity index (χ3n) is 4.69. The Labute approximate surface area is 157 Å². The average molecular weight is 363 g/mol. The van der Waals surface area contributed by atoms with Gasteiger partial charge in [-0.25, -0.2) is 4.79 Å². The van der Waals surface area contributed by atoms with Crippen molar-refractivity contribution < 1.29 is 14.6 Å². The van der Waals surface area contributed by atoms with Crippen molar-refractivity contribution in [3.63, 3.8) is 0 Å². The molecule has 1 saturated carbocycles. The third kappa shape index (κ3) is 7.75. The minimum absolute atomic E-state index is 0.400. The van der Waals surface area contributed by atoms with Gasteiger partial charge >= 0.3 is 6.09 Å². The Bertz CT molecular complexity index is 536. The van der Waals surface area contributed by atoms with Crippen molar-refractivity contribution >= 4 is 6.09 Å². The van der Waals surface area contributed by atoms with Crippen LogP contribution in [0.5, 0.6) is 0 Å². The lowest BCUT2D eigenvalue weighted by Crippen LogP contribution is -2.51. The molecule has 146 valence electrons. The van der Waals surface area contributed by atoms with E-state index < -0.39 is 23.8 Å². The number of alkyl carbamates (subject to hydrolysis) is 1. The van der Waals surface area contributed by atoms with E-state index in [1.165, 1.54) is 19.3 Å². The zero-order valence-electron chi connectivity index (χ0n) is 16.3. The van der Waals surface area contributed by atoms with Crippen LogP contribution in [0.3, 0.4) is 0 Å². The second-order valence-electron chi connectivity index (χ2n) is 8.25. The minimum atomic E-state index is -0.676. The quantitative estimate of drug-likeness (QED) is 0.695. The smallest absolute Gasteiger partial charge is 0.407 e. The molecule has 0 heterocycles. The second-order valence-corrected chi connectivity index (χ2v) is 8.25. The highest BCUT2D eigenvalue weighted by Gasteiger charge is 2.25. The molecule has 0 aromatic heterocycles. The Hall–Kier alpha value is -1.59. The van der Waals surface area contributed by atoms with E-state index in [9.17, 15) is 9.90 Å². The van der Waals surface area contributed by atoms with E-state index in [-0.39, 0.29) is 0 Å². The Morgan fingerprint density at radius 3 is 2.46 bits per heavy atom. The summed E-state index contributed by atoms with van der Waals surface area (Å²) in [6, 6.07) is 9.97. The van der Waals surface area contributed by atoms with Crippen molar-refractivity contribution in [3.8, 4) is 0 Å². The van der Waals surface area contributed by atoms with Gasteiger partial charge in [0.1, 0.15) is 5.60 Å². The molecule has 1 aromatic carbocycles. The van der Waals surface area contributed by atoms with E-state index in [4.69, 9.17) is 4.74 Å². The van der Waals surface area contributed by atoms with E-state index in [2.05, 4.69) is 10.6 Å². The Kier molecular flexibility index (Phi) is 7.91. The number of aliphatic hydroxyl groups excluding tert-OH is 1. The number of hydrogen-bond acceptors (Lipinski definition) is 4. The summed E-state index contributed by atoms with van der Waals surface area (Å²) < 4.78 is 5.37. The molecule has 2 atom stereocenters. The van der Waals surface area contributed by atoms with Crippen LogP contribution in [-0.2, 0) is 11.2 Å². The number of nitrogens with one attached hydrogen (secondary N) is 2. The third-order valence-corrected chi connectivity index (χ3v) is 4.69. The van der Waals surface area contributed by atoms with Crippen LogP contribution in [0.2, 0.25) is 0 Å². The van der Waals surface area contributed by atoms with Gasteiger partial charge in [-0.3, -0.25) is 0 Å². The molecule has 0 saturated heterocycles. The molecule has 26 heavy (non-hydrogen) atoms. The maximum Gasteiger partial charge on any atom is 0.407 e. The van der Waals surface area contributed by atoms with Crippen molar-refractivity contribution in [2.75, 3.05) is 6.54 Å². The van der Waals surface area contributed by atoms with Crippen LogP contribution >= 0.6 is 0 Å². The molecule has 0 aliphatic heterocycles. The van der Waals surface area contributed by atoms with Crippen molar-refractivity contribution in [1.82, 2.24) is 10.6 Å². The highest BCUT2D eigenvalue weighted by Crippen LogP contribution is 2.17. The highest BCUT2D eigenvalue weighted by molar-refractivity contribution is 5.68. The van der Waals surface area contributed by atoms with Gasteiger partial charge in [0, 0.05) is 12.6 Å². The average Bonchev–Trinajstić information content (AvgIpc) is 2.59. The van der Waals surface area contributed by atoms with Gasteiger partial charge in [-0.2, -0.15) is 0 Å². The molecule has 0 spiro atoms. The molecule has 0 bridgehead atoms. The Morgan fingerprint density at radius 2 is 1.85 bits per heavy atom. The molecule has 2 rings (SSSR count). The summed E-state index contributed by atoms with van der Waals surface area (Å²) in [7, 11) is 0. The summed E-state index contributed by atoms with van der Waals surface area (Å²) in [6.07, 6.45) is 5.52. The lowest BCUT2D eigenvalue weighted by molar-refractivity contribution is 0.0418. The van der Waals surface area contributed by atoms with Crippen LogP contribution in [0.4, 0.5) is 4.79 Å². The van der Waals surface area contributed by atoms with Crippen LogP contribution < -0.4 is 10.6 Å².